The number of rotatable bonds is 8. The summed E-state index contributed by atoms with van der Waals surface area (Å²) >= 11 is 5.83. The number of carbonyl (C=O) groups is 4. The number of nitrogens with one attached hydrogen (secondary N) is 1. The number of anilines is 1. The summed E-state index contributed by atoms with van der Waals surface area (Å²) in [6.07, 6.45) is 1.22. The van der Waals surface area contributed by atoms with Gasteiger partial charge in [0, 0.05) is 5.02 Å². The van der Waals surface area contributed by atoms with E-state index in [0.717, 1.165) is 4.90 Å². The summed E-state index contributed by atoms with van der Waals surface area (Å²) in [5, 5.41) is 2.46. The maximum absolute atomic E-state index is 13.2. The zero-order chi connectivity index (χ0) is 29.0. The Hall–Kier alpha value is -4.68. The van der Waals surface area contributed by atoms with Gasteiger partial charge in [0.2, 0.25) is 0 Å². The third kappa shape index (κ3) is 5.98. The Bertz CT molecular complexity index is 1630. The minimum absolute atomic E-state index is 0.0318. The van der Waals surface area contributed by atoms with E-state index < -0.39 is 33.9 Å². The van der Waals surface area contributed by atoms with Crippen LogP contribution in [0.3, 0.4) is 0 Å². The molecule has 0 spiro atoms. The van der Waals surface area contributed by atoms with Crippen LogP contribution in [0.4, 0.5) is 10.5 Å². The number of nitrogens with zero attached hydrogens (tertiary/aromatic N) is 1. The van der Waals surface area contributed by atoms with Gasteiger partial charge in [-0.15, -0.1) is 0 Å². The molecule has 4 amide bonds. The van der Waals surface area contributed by atoms with Crippen molar-refractivity contribution >= 4 is 57.3 Å². The molecule has 1 aliphatic heterocycles. The zero-order valence-electron chi connectivity index (χ0n) is 21.0. The molecule has 1 heterocycles. The summed E-state index contributed by atoms with van der Waals surface area (Å²) < 4.78 is 40.9. The number of hydrogen-bond acceptors (Lipinski definition) is 9. The second kappa shape index (κ2) is 11.6. The number of carbonyl (C=O) groups excluding carboxylic acids is 4. The standard InChI is InChI=1S/C27H21ClN2O9S/c1-3-38-23-15-16(4-13-22(23)39-40(35,36)20-11-7-18(28)8-12-20)14-21-24(31)29-27(34)30(25(21)32)19-9-5-17(6-10-19)26(33)37-2/h4-15H,3H2,1-2H3,(H,29,31,34)/b21-14+. The van der Waals surface area contributed by atoms with Crippen LogP contribution in [-0.2, 0) is 24.4 Å². The minimum Gasteiger partial charge on any atom is -0.490 e. The Kier molecular flexibility index (Phi) is 8.21. The molecule has 3 aromatic rings. The van der Waals surface area contributed by atoms with E-state index in [0.29, 0.717) is 5.02 Å². The second-order valence-corrected chi connectivity index (χ2v) is 10.1. The monoisotopic (exact) mass is 584 g/mol. The Balaban J connectivity index is 1.65. The lowest BCUT2D eigenvalue weighted by Gasteiger charge is -2.26. The predicted molar refractivity (Wildman–Crippen MR) is 144 cm³/mol. The fourth-order valence-electron chi connectivity index (χ4n) is 3.64. The molecule has 40 heavy (non-hydrogen) atoms. The van der Waals surface area contributed by atoms with E-state index in [1.54, 1.807) is 6.92 Å². The third-order valence-electron chi connectivity index (χ3n) is 5.53. The van der Waals surface area contributed by atoms with Gasteiger partial charge in [0.1, 0.15) is 10.5 Å². The lowest BCUT2D eigenvalue weighted by molar-refractivity contribution is -0.122. The van der Waals surface area contributed by atoms with E-state index in [1.165, 1.54) is 79.9 Å². The molecular formula is C27H21ClN2O9S. The summed E-state index contributed by atoms with van der Waals surface area (Å²) in [6.45, 7) is 1.83. The lowest BCUT2D eigenvalue weighted by atomic mass is 10.1. The van der Waals surface area contributed by atoms with Crippen LogP contribution >= 0.6 is 11.6 Å². The Morgan fingerprint density at radius 2 is 1.65 bits per heavy atom. The van der Waals surface area contributed by atoms with Crippen LogP contribution in [0.15, 0.2) is 77.2 Å². The van der Waals surface area contributed by atoms with Crippen LogP contribution in [0.5, 0.6) is 11.5 Å². The highest BCUT2D eigenvalue weighted by Gasteiger charge is 2.37. The first kappa shape index (κ1) is 28.3. The van der Waals surface area contributed by atoms with Crippen molar-refractivity contribution in [1.82, 2.24) is 5.32 Å². The van der Waals surface area contributed by atoms with Crippen molar-refractivity contribution in [1.29, 1.82) is 0 Å². The van der Waals surface area contributed by atoms with E-state index in [2.05, 4.69) is 10.1 Å². The molecule has 206 valence electrons. The number of benzene rings is 3. The summed E-state index contributed by atoms with van der Waals surface area (Å²) in [5.74, 6) is -2.54. The number of methoxy groups -OCH3 is 1. The van der Waals surface area contributed by atoms with Crippen molar-refractivity contribution in [2.45, 2.75) is 11.8 Å². The molecule has 13 heteroatoms. The molecule has 1 aliphatic rings. The molecule has 0 radical (unpaired) electrons. The number of halogens is 1. The lowest BCUT2D eigenvalue weighted by Crippen LogP contribution is -2.54. The molecule has 0 atom stereocenters. The fourth-order valence-corrected chi connectivity index (χ4v) is 4.71. The van der Waals surface area contributed by atoms with Crippen LogP contribution in [0.25, 0.3) is 6.08 Å². The van der Waals surface area contributed by atoms with Gasteiger partial charge in [-0.3, -0.25) is 14.9 Å². The largest absolute Gasteiger partial charge is 0.490 e. The Morgan fingerprint density at radius 3 is 2.27 bits per heavy atom. The average Bonchev–Trinajstić information content (AvgIpc) is 2.92. The van der Waals surface area contributed by atoms with Gasteiger partial charge in [0.25, 0.3) is 11.8 Å². The highest BCUT2D eigenvalue weighted by atomic mass is 35.5. The number of imide groups is 2. The Morgan fingerprint density at radius 1 is 0.975 bits per heavy atom. The van der Waals surface area contributed by atoms with Gasteiger partial charge in [-0.25, -0.2) is 14.5 Å². The fraction of sp³-hybridized carbons (Fsp3) is 0.111. The molecule has 3 aromatic carbocycles. The summed E-state index contributed by atoms with van der Waals surface area (Å²) in [4.78, 5) is 50.6. The van der Waals surface area contributed by atoms with Crippen molar-refractivity contribution < 1.29 is 41.3 Å². The van der Waals surface area contributed by atoms with Crippen molar-refractivity contribution in [3.63, 3.8) is 0 Å². The van der Waals surface area contributed by atoms with Gasteiger partial charge in [0.05, 0.1) is 25.0 Å². The number of esters is 1. The molecule has 0 unspecified atom stereocenters. The van der Waals surface area contributed by atoms with E-state index >= 15 is 0 Å². The highest BCUT2D eigenvalue weighted by Crippen LogP contribution is 2.33. The van der Waals surface area contributed by atoms with Crippen LogP contribution in [0.2, 0.25) is 5.02 Å². The van der Waals surface area contributed by atoms with Gasteiger partial charge >= 0.3 is 22.1 Å². The van der Waals surface area contributed by atoms with Crippen molar-refractivity contribution in [3.8, 4) is 11.5 Å². The van der Waals surface area contributed by atoms with Crippen molar-refractivity contribution in [2.24, 2.45) is 0 Å². The third-order valence-corrected chi connectivity index (χ3v) is 7.03. The number of ether oxygens (including phenoxy) is 2. The molecule has 0 bridgehead atoms. The van der Waals surface area contributed by atoms with E-state index in [4.69, 9.17) is 20.5 Å². The van der Waals surface area contributed by atoms with Gasteiger partial charge in [-0.1, -0.05) is 17.7 Å². The smallest absolute Gasteiger partial charge is 0.339 e. The maximum atomic E-state index is 13.2. The first-order valence-electron chi connectivity index (χ1n) is 11.6. The number of urea groups is 1. The van der Waals surface area contributed by atoms with Crippen LogP contribution in [0.1, 0.15) is 22.8 Å². The van der Waals surface area contributed by atoms with Gasteiger partial charge in [-0.2, -0.15) is 8.42 Å². The van der Waals surface area contributed by atoms with Crippen LogP contribution in [-0.4, -0.2) is 45.9 Å². The molecule has 0 saturated carbocycles. The van der Waals surface area contributed by atoms with E-state index in [-0.39, 0.29) is 45.4 Å². The average molecular weight is 585 g/mol. The Labute approximate surface area is 234 Å². The maximum Gasteiger partial charge on any atom is 0.339 e. The molecule has 1 N–H and O–H groups in total. The van der Waals surface area contributed by atoms with Gasteiger partial charge < -0.3 is 13.7 Å². The van der Waals surface area contributed by atoms with Gasteiger partial charge in [-0.05, 0) is 79.2 Å². The minimum atomic E-state index is -4.23. The first-order valence-corrected chi connectivity index (χ1v) is 13.4. The van der Waals surface area contributed by atoms with E-state index in [1.807, 2.05) is 0 Å². The summed E-state index contributed by atoms with van der Waals surface area (Å²) in [7, 11) is -3.01. The second-order valence-electron chi connectivity index (χ2n) is 8.13. The van der Waals surface area contributed by atoms with Crippen molar-refractivity contribution in [2.75, 3.05) is 18.6 Å². The van der Waals surface area contributed by atoms with Crippen LogP contribution < -0.4 is 19.1 Å². The predicted octanol–water partition coefficient (Wildman–Crippen LogP) is 3.96. The van der Waals surface area contributed by atoms with Crippen molar-refractivity contribution in [3.05, 3.63) is 88.5 Å². The van der Waals surface area contributed by atoms with E-state index in [9.17, 15) is 27.6 Å². The zero-order valence-corrected chi connectivity index (χ0v) is 22.6. The molecular weight excluding hydrogens is 564 g/mol. The molecule has 1 fully saturated rings. The molecule has 1 saturated heterocycles. The number of amides is 4. The normalized spacial score (nSPS) is 14.6. The topological polar surface area (TPSA) is 145 Å². The molecule has 4 rings (SSSR count). The summed E-state index contributed by atoms with van der Waals surface area (Å²) in [5.41, 5.74) is 0.224. The number of hydrogen-bond donors (Lipinski definition) is 1. The first-order chi connectivity index (χ1) is 19.0. The molecule has 11 nitrogen and oxygen atoms in total. The summed E-state index contributed by atoms with van der Waals surface area (Å²) in [6, 6.07) is 14.0. The SMILES string of the molecule is CCOc1cc(/C=C2\C(=O)NC(=O)N(c3ccc(C(=O)OC)cc3)C2=O)ccc1OS(=O)(=O)c1ccc(Cl)cc1. The highest BCUT2D eigenvalue weighted by molar-refractivity contribution is 7.87. The molecule has 0 aromatic heterocycles. The quantitative estimate of drug-likeness (QED) is 0.180. The van der Waals surface area contributed by atoms with Crippen LogP contribution in [0, 0.1) is 0 Å². The molecule has 0 aliphatic carbocycles. The van der Waals surface area contributed by atoms with Gasteiger partial charge in [0.15, 0.2) is 11.5 Å². The number of barbiturate groups is 1.